The van der Waals surface area contributed by atoms with E-state index in [4.69, 9.17) is 16.3 Å². The summed E-state index contributed by atoms with van der Waals surface area (Å²) in [6, 6.07) is 16.3. The lowest BCUT2D eigenvalue weighted by molar-refractivity contribution is -0.157. The topological polar surface area (TPSA) is 75.7 Å². The first-order valence-corrected chi connectivity index (χ1v) is 9.85. The van der Waals surface area contributed by atoms with Crippen LogP contribution in [0, 0.1) is 5.92 Å². The fraction of sp³-hybridized carbons (Fsp3) is 0.318. The standard InChI is InChI=1S/C22H23ClN2O4/c1-14(16-8-4-3-5-9-16)25-13-17(12-20(25)26)22(28)29-15(2)21(27)24-19-11-7-6-10-18(19)23/h3-11,14-15,17H,12-13H2,1-2H3,(H,24,27)/t14-,15-,17-/m0/s1. The Kier molecular flexibility index (Phi) is 6.54. The first kappa shape index (κ1) is 20.9. The Balaban J connectivity index is 1.57. The van der Waals surface area contributed by atoms with E-state index in [9.17, 15) is 14.4 Å². The molecule has 7 heteroatoms. The lowest BCUT2D eigenvalue weighted by Crippen LogP contribution is -2.33. The van der Waals surface area contributed by atoms with Crippen LogP contribution >= 0.6 is 11.6 Å². The quantitative estimate of drug-likeness (QED) is 0.729. The zero-order chi connectivity index (χ0) is 21.0. The lowest BCUT2D eigenvalue weighted by atomic mass is 10.1. The van der Waals surface area contributed by atoms with E-state index in [0.717, 1.165) is 5.56 Å². The molecule has 0 saturated carbocycles. The largest absolute Gasteiger partial charge is 0.452 e. The van der Waals surface area contributed by atoms with Gasteiger partial charge in [-0.2, -0.15) is 0 Å². The molecule has 0 bridgehead atoms. The molecular formula is C22H23ClN2O4. The number of halogens is 1. The van der Waals surface area contributed by atoms with Crippen LogP contribution in [-0.2, 0) is 19.1 Å². The number of carbonyl (C=O) groups is 3. The van der Waals surface area contributed by atoms with Crippen LogP contribution in [0.1, 0.15) is 31.9 Å². The zero-order valence-electron chi connectivity index (χ0n) is 16.3. The summed E-state index contributed by atoms with van der Waals surface area (Å²) in [5.41, 5.74) is 1.45. The van der Waals surface area contributed by atoms with E-state index in [0.29, 0.717) is 10.7 Å². The monoisotopic (exact) mass is 414 g/mol. The highest BCUT2D eigenvalue weighted by atomic mass is 35.5. The first-order chi connectivity index (χ1) is 13.9. The molecule has 1 heterocycles. The van der Waals surface area contributed by atoms with Crippen molar-refractivity contribution in [3.05, 3.63) is 65.2 Å². The van der Waals surface area contributed by atoms with Crippen LogP contribution in [0.4, 0.5) is 5.69 Å². The number of hydrogen-bond acceptors (Lipinski definition) is 4. The molecule has 3 atom stereocenters. The smallest absolute Gasteiger partial charge is 0.312 e. The van der Waals surface area contributed by atoms with Gasteiger partial charge in [-0.1, -0.05) is 54.1 Å². The van der Waals surface area contributed by atoms with Crippen LogP contribution in [-0.4, -0.2) is 35.3 Å². The summed E-state index contributed by atoms with van der Waals surface area (Å²) in [5.74, 6) is -1.73. The Hall–Kier alpha value is -2.86. The highest BCUT2D eigenvalue weighted by molar-refractivity contribution is 6.33. The summed E-state index contributed by atoms with van der Waals surface area (Å²) in [6.07, 6.45) is -0.927. The van der Waals surface area contributed by atoms with Crippen molar-refractivity contribution < 1.29 is 19.1 Å². The van der Waals surface area contributed by atoms with E-state index in [2.05, 4.69) is 5.32 Å². The van der Waals surface area contributed by atoms with E-state index in [-0.39, 0.29) is 24.9 Å². The third kappa shape index (κ3) is 4.95. The molecule has 152 valence electrons. The Morgan fingerprint density at radius 1 is 1.10 bits per heavy atom. The highest BCUT2D eigenvalue weighted by Crippen LogP contribution is 2.29. The molecule has 0 aromatic heterocycles. The predicted molar refractivity (Wildman–Crippen MR) is 110 cm³/mol. The maximum Gasteiger partial charge on any atom is 0.312 e. The van der Waals surface area contributed by atoms with Crippen molar-refractivity contribution in [3.8, 4) is 0 Å². The minimum atomic E-state index is -1.01. The van der Waals surface area contributed by atoms with Gasteiger partial charge in [-0.05, 0) is 31.5 Å². The zero-order valence-corrected chi connectivity index (χ0v) is 17.1. The van der Waals surface area contributed by atoms with Gasteiger partial charge >= 0.3 is 5.97 Å². The molecule has 29 heavy (non-hydrogen) atoms. The van der Waals surface area contributed by atoms with Gasteiger partial charge in [0.1, 0.15) is 0 Å². The van der Waals surface area contributed by atoms with Crippen molar-refractivity contribution in [3.63, 3.8) is 0 Å². The van der Waals surface area contributed by atoms with Gasteiger partial charge in [-0.25, -0.2) is 0 Å². The summed E-state index contributed by atoms with van der Waals surface area (Å²) >= 11 is 6.03. The van der Waals surface area contributed by atoms with Crippen molar-refractivity contribution in [2.24, 2.45) is 5.92 Å². The Morgan fingerprint density at radius 2 is 1.76 bits per heavy atom. The van der Waals surface area contributed by atoms with Crippen LogP contribution in [0.5, 0.6) is 0 Å². The fourth-order valence-electron chi connectivity index (χ4n) is 3.30. The molecule has 3 rings (SSSR count). The van der Waals surface area contributed by atoms with E-state index >= 15 is 0 Å². The molecule has 6 nitrogen and oxygen atoms in total. The predicted octanol–water partition coefficient (Wildman–Crippen LogP) is 3.82. The maximum absolute atomic E-state index is 12.5. The normalized spacial score (nSPS) is 18.2. The molecule has 1 N–H and O–H groups in total. The van der Waals surface area contributed by atoms with Gasteiger partial charge in [0.15, 0.2) is 6.10 Å². The number of amides is 2. The molecule has 1 aliphatic rings. The van der Waals surface area contributed by atoms with Crippen LogP contribution in [0.3, 0.4) is 0 Å². The molecule has 0 aliphatic carbocycles. The molecule has 0 spiro atoms. The number of hydrogen-bond donors (Lipinski definition) is 1. The molecule has 2 aromatic rings. The van der Waals surface area contributed by atoms with Gasteiger partial charge in [0.05, 0.1) is 22.7 Å². The average Bonchev–Trinajstić information content (AvgIpc) is 3.11. The average molecular weight is 415 g/mol. The van der Waals surface area contributed by atoms with Gasteiger partial charge in [-0.3, -0.25) is 14.4 Å². The van der Waals surface area contributed by atoms with E-state index in [1.165, 1.54) is 6.92 Å². The number of nitrogens with zero attached hydrogens (tertiary/aromatic N) is 1. The SMILES string of the molecule is C[C@H](OC(=O)[C@H]1CC(=O)N([C@@H](C)c2ccccc2)C1)C(=O)Nc1ccccc1Cl. The number of likely N-dealkylation sites (tertiary alicyclic amines) is 1. The molecule has 0 unspecified atom stereocenters. The lowest BCUT2D eigenvalue weighted by Gasteiger charge is -2.25. The van der Waals surface area contributed by atoms with Gasteiger partial charge in [-0.15, -0.1) is 0 Å². The van der Waals surface area contributed by atoms with Gasteiger partial charge in [0, 0.05) is 13.0 Å². The highest BCUT2D eigenvalue weighted by Gasteiger charge is 2.38. The minimum absolute atomic E-state index is 0.0782. The number of carbonyl (C=O) groups excluding carboxylic acids is 3. The second-order valence-corrected chi connectivity index (χ2v) is 7.49. The van der Waals surface area contributed by atoms with Gasteiger partial charge in [0.25, 0.3) is 5.91 Å². The third-order valence-corrected chi connectivity index (χ3v) is 5.36. The fourth-order valence-corrected chi connectivity index (χ4v) is 3.48. The van der Waals surface area contributed by atoms with Crippen molar-refractivity contribution in [1.29, 1.82) is 0 Å². The van der Waals surface area contributed by atoms with Crippen molar-refractivity contribution in [2.75, 3.05) is 11.9 Å². The Morgan fingerprint density at radius 3 is 2.45 bits per heavy atom. The summed E-state index contributed by atoms with van der Waals surface area (Å²) in [4.78, 5) is 38.9. The summed E-state index contributed by atoms with van der Waals surface area (Å²) in [7, 11) is 0. The second kappa shape index (κ2) is 9.09. The molecule has 1 saturated heterocycles. The van der Waals surface area contributed by atoms with Crippen LogP contribution in [0.15, 0.2) is 54.6 Å². The molecule has 1 aliphatic heterocycles. The summed E-state index contributed by atoms with van der Waals surface area (Å²) in [6.45, 7) is 3.69. The Labute approximate surface area is 174 Å². The van der Waals surface area contributed by atoms with Crippen molar-refractivity contribution >= 4 is 35.1 Å². The van der Waals surface area contributed by atoms with Crippen LogP contribution < -0.4 is 5.32 Å². The molecule has 0 radical (unpaired) electrons. The number of benzene rings is 2. The van der Waals surface area contributed by atoms with Crippen LogP contribution in [0.25, 0.3) is 0 Å². The maximum atomic E-state index is 12.5. The molecule has 2 aromatic carbocycles. The van der Waals surface area contributed by atoms with Crippen LogP contribution in [0.2, 0.25) is 5.02 Å². The number of ether oxygens (including phenoxy) is 1. The first-order valence-electron chi connectivity index (χ1n) is 9.47. The number of nitrogens with one attached hydrogen (secondary N) is 1. The number of anilines is 1. The van der Waals surface area contributed by atoms with Gasteiger partial charge < -0.3 is 15.0 Å². The summed E-state index contributed by atoms with van der Waals surface area (Å²) in [5, 5.41) is 3.03. The number of para-hydroxylation sites is 1. The van der Waals surface area contributed by atoms with Crippen molar-refractivity contribution in [2.45, 2.75) is 32.4 Å². The Bertz CT molecular complexity index is 903. The summed E-state index contributed by atoms with van der Waals surface area (Å²) < 4.78 is 5.32. The van der Waals surface area contributed by atoms with E-state index < -0.39 is 23.9 Å². The number of esters is 1. The third-order valence-electron chi connectivity index (χ3n) is 5.04. The van der Waals surface area contributed by atoms with Gasteiger partial charge in [0.2, 0.25) is 5.91 Å². The second-order valence-electron chi connectivity index (χ2n) is 7.08. The number of rotatable bonds is 6. The minimum Gasteiger partial charge on any atom is -0.452 e. The molecule has 1 fully saturated rings. The molecular weight excluding hydrogens is 392 g/mol. The van der Waals surface area contributed by atoms with Crippen molar-refractivity contribution in [1.82, 2.24) is 4.90 Å². The molecule has 2 amide bonds. The van der Waals surface area contributed by atoms with E-state index in [1.54, 1.807) is 29.2 Å². The van der Waals surface area contributed by atoms with E-state index in [1.807, 2.05) is 37.3 Å².